The summed E-state index contributed by atoms with van der Waals surface area (Å²) in [6.45, 7) is 5.24. The highest BCUT2D eigenvalue weighted by Gasteiger charge is 2.17. The lowest BCUT2D eigenvalue weighted by molar-refractivity contribution is 0.272. The van der Waals surface area contributed by atoms with Crippen molar-refractivity contribution in [3.63, 3.8) is 0 Å². The molecule has 0 bridgehead atoms. The predicted octanol–water partition coefficient (Wildman–Crippen LogP) is 2.00. The van der Waals surface area contributed by atoms with Gasteiger partial charge in [-0.1, -0.05) is 19.3 Å². The molecule has 0 spiro atoms. The first-order chi connectivity index (χ1) is 6.95. The van der Waals surface area contributed by atoms with Gasteiger partial charge in [0.05, 0.1) is 0 Å². The van der Waals surface area contributed by atoms with Crippen molar-refractivity contribution in [3.05, 3.63) is 0 Å². The van der Waals surface area contributed by atoms with E-state index in [1.807, 2.05) is 0 Å². The van der Waals surface area contributed by atoms with E-state index in [0.29, 0.717) is 0 Å². The maximum atomic E-state index is 3.71. The van der Waals surface area contributed by atoms with Gasteiger partial charge in [-0.2, -0.15) is 0 Å². The summed E-state index contributed by atoms with van der Waals surface area (Å²) in [6.07, 6.45) is 9.96. The average Bonchev–Trinajstić information content (AvgIpc) is 2.62. The van der Waals surface area contributed by atoms with Gasteiger partial charge in [0, 0.05) is 12.6 Å². The van der Waals surface area contributed by atoms with Gasteiger partial charge in [0.15, 0.2) is 0 Å². The van der Waals surface area contributed by atoms with E-state index >= 15 is 0 Å². The molecule has 1 N–H and O–H groups in total. The fraction of sp³-hybridized carbons (Fsp3) is 1.00. The minimum absolute atomic E-state index is 0.786. The maximum Gasteiger partial charge on any atom is 0.0195 e. The fourth-order valence-corrected chi connectivity index (χ4v) is 2.71. The molecule has 1 unspecified atom stereocenters. The van der Waals surface area contributed by atoms with Gasteiger partial charge in [-0.25, -0.2) is 0 Å². The molecule has 2 heterocycles. The Morgan fingerprint density at radius 3 is 2.57 bits per heavy atom. The van der Waals surface area contributed by atoms with Gasteiger partial charge >= 0.3 is 0 Å². The van der Waals surface area contributed by atoms with Crippen molar-refractivity contribution < 1.29 is 0 Å². The first-order valence-electron chi connectivity index (χ1n) is 6.41. The van der Waals surface area contributed by atoms with Gasteiger partial charge in [0.2, 0.25) is 0 Å². The van der Waals surface area contributed by atoms with Gasteiger partial charge in [0.1, 0.15) is 0 Å². The Hall–Kier alpha value is -0.0800. The van der Waals surface area contributed by atoms with Gasteiger partial charge in [0.25, 0.3) is 0 Å². The summed E-state index contributed by atoms with van der Waals surface area (Å²) in [7, 11) is 0. The highest BCUT2D eigenvalue weighted by atomic mass is 15.2. The minimum Gasteiger partial charge on any atom is -0.313 e. The summed E-state index contributed by atoms with van der Waals surface area (Å²) in [5.41, 5.74) is 0. The summed E-state index contributed by atoms with van der Waals surface area (Å²) in [4.78, 5) is 2.64. The quantitative estimate of drug-likeness (QED) is 0.727. The lowest BCUT2D eigenvalue weighted by Gasteiger charge is -2.26. The zero-order valence-corrected chi connectivity index (χ0v) is 9.30. The summed E-state index contributed by atoms with van der Waals surface area (Å²) in [5.74, 6) is 0. The van der Waals surface area contributed by atoms with Crippen LogP contribution in [0, 0.1) is 0 Å². The summed E-state index contributed by atoms with van der Waals surface area (Å²) >= 11 is 0. The van der Waals surface area contributed by atoms with Crippen molar-refractivity contribution >= 4 is 0 Å². The van der Waals surface area contributed by atoms with E-state index in [1.54, 1.807) is 0 Å². The largest absolute Gasteiger partial charge is 0.313 e. The minimum atomic E-state index is 0.786. The molecule has 2 saturated heterocycles. The van der Waals surface area contributed by atoms with Crippen LogP contribution in [0.15, 0.2) is 0 Å². The molecule has 2 fully saturated rings. The van der Waals surface area contributed by atoms with E-state index in [1.165, 1.54) is 71.1 Å². The average molecular weight is 196 g/mol. The highest BCUT2D eigenvalue weighted by Crippen LogP contribution is 2.13. The first-order valence-corrected chi connectivity index (χ1v) is 6.41. The third-order valence-electron chi connectivity index (χ3n) is 3.59. The molecule has 1 atom stereocenters. The van der Waals surface area contributed by atoms with Crippen LogP contribution < -0.4 is 5.32 Å². The van der Waals surface area contributed by atoms with Crippen LogP contribution in [0.2, 0.25) is 0 Å². The van der Waals surface area contributed by atoms with Crippen molar-refractivity contribution in [1.29, 1.82) is 0 Å². The topological polar surface area (TPSA) is 15.3 Å². The van der Waals surface area contributed by atoms with Crippen molar-refractivity contribution in [3.8, 4) is 0 Å². The van der Waals surface area contributed by atoms with Crippen molar-refractivity contribution in [2.75, 3.05) is 26.2 Å². The predicted molar refractivity (Wildman–Crippen MR) is 60.5 cm³/mol. The molecule has 0 amide bonds. The molecule has 2 nitrogen and oxygen atoms in total. The highest BCUT2D eigenvalue weighted by molar-refractivity contribution is 4.76. The molecular formula is C12H24N2. The second kappa shape index (κ2) is 5.72. The van der Waals surface area contributed by atoms with Gasteiger partial charge < -0.3 is 10.2 Å². The molecule has 2 rings (SSSR count). The maximum absolute atomic E-state index is 3.71. The Kier molecular flexibility index (Phi) is 4.26. The Balaban J connectivity index is 1.70. The normalized spacial score (nSPS) is 31.3. The smallest absolute Gasteiger partial charge is 0.0195 e. The first kappa shape index (κ1) is 10.4. The van der Waals surface area contributed by atoms with Crippen LogP contribution in [0.1, 0.15) is 44.9 Å². The van der Waals surface area contributed by atoms with Crippen molar-refractivity contribution in [2.24, 2.45) is 0 Å². The molecular weight excluding hydrogens is 172 g/mol. The number of nitrogens with zero attached hydrogens (tertiary/aromatic N) is 1. The molecule has 0 radical (unpaired) electrons. The summed E-state index contributed by atoms with van der Waals surface area (Å²) < 4.78 is 0. The molecule has 0 aromatic carbocycles. The van der Waals surface area contributed by atoms with E-state index in [4.69, 9.17) is 0 Å². The third kappa shape index (κ3) is 3.25. The number of hydrogen-bond donors (Lipinski definition) is 1. The number of nitrogens with one attached hydrogen (secondary N) is 1. The molecule has 0 aromatic heterocycles. The second-order valence-electron chi connectivity index (χ2n) is 4.86. The molecule has 14 heavy (non-hydrogen) atoms. The van der Waals surface area contributed by atoms with Crippen LogP contribution in [0.4, 0.5) is 0 Å². The van der Waals surface area contributed by atoms with E-state index in [9.17, 15) is 0 Å². The van der Waals surface area contributed by atoms with Crippen LogP contribution in [-0.4, -0.2) is 37.1 Å². The molecule has 0 saturated carbocycles. The van der Waals surface area contributed by atoms with E-state index in [-0.39, 0.29) is 0 Å². The van der Waals surface area contributed by atoms with Crippen LogP contribution in [0.3, 0.4) is 0 Å². The number of likely N-dealkylation sites (tertiary alicyclic amines) is 1. The Morgan fingerprint density at radius 2 is 1.71 bits per heavy atom. The molecule has 82 valence electrons. The van der Waals surface area contributed by atoms with Crippen molar-refractivity contribution in [2.45, 2.75) is 51.0 Å². The standard InChI is InChI=1S/C12H24N2/c1-2-4-8-13-12(7-3-1)11-14-9-5-6-10-14/h12-13H,1-11H2. The molecule has 0 aromatic rings. The number of rotatable bonds is 2. The third-order valence-corrected chi connectivity index (χ3v) is 3.59. The van der Waals surface area contributed by atoms with Crippen LogP contribution in [0.5, 0.6) is 0 Å². The van der Waals surface area contributed by atoms with Crippen LogP contribution in [-0.2, 0) is 0 Å². The lowest BCUT2D eigenvalue weighted by atomic mass is 10.0. The number of hydrogen-bond acceptors (Lipinski definition) is 2. The molecule has 2 aliphatic rings. The van der Waals surface area contributed by atoms with Crippen LogP contribution >= 0.6 is 0 Å². The Labute approximate surface area is 88.1 Å². The second-order valence-corrected chi connectivity index (χ2v) is 4.86. The van der Waals surface area contributed by atoms with Gasteiger partial charge in [-0.15, -0.1) is 0 Å². The monoisotopic (exact) mass is 196 g/mol. The summed E-state index contributed by atoms with van der Waals surface area (Å²) in [6, 6.07) is 0.786. The SMILES string of the molecule is C1CCCC(CN2CCCC2)NCC1. The summed E-state index contributed by atoms with van der Waals surface area (Å²) in [5, 5.41) is 3.71. The van der Waals surface area contributed by atoms with E-state index in [2.05, 4.69) is 10.2 Å². The Morgan fingerprint density at radius 1 is 0.929 bits per heavy atom. The van der Waals surface area contributed by atoms with Crippen LogP contribution in [0.25, 0.3) is 0 Å². The lowest BCUT2D eigenvalue weighted by Crippen LogP contribution is -2.41. The Bertz CT molecular complexity index is 144. The van der Waals surface area contributed by atoms with Gasteiger partial charge in [-0.3, -0.25) is 0 Å². The van der Waals surface area contributed by atoms with Crippen molar-refractivity contribution in [1.82, 2.24) is 10.2 Å². The van der Waals surface area contributed by atoms with E-state index in [0.717, 1.165) is 6.04 Å². The van der Waals surface area contributed by atoms with E-state index < -0.39 is 0 Å². The zero-order valence-electron chi connectivity index (χ0n) is 9.30. The fourth-order valence-electron chi connectivity index (χ4n) is 2.71. The molecule has 0 aliphatic carbocycles. The molecule has 2 aliphatic heterocycles. The molecule has 2 heteroatoms. The zero-order chi connectivity index (χ0) is 9.64. The van der Waals surface area contributed by atoms with Gasteiger partial charge in [-0.05, 0) is 45.3 Å².